The summed E-state index contributed by atoms with van der Waals surface area (Å²) in [6.07, 6.45) is 1.88. The van der Waals surface area contributed by atoms with Gasteiger partial charge in [0, 0.05) is 10.6 Å². The molecule has 0 atom stereocenters. The highest BCUT2D eigenvalue weighted by molar-refractivity contribution is 6.30. The van der Waals surface area contributed by atoms with Gasteiger partial charge in [-0.15, -0.1) is 0 Å². The van der Waals surface area contributed by atoms with Gasteiger partial charge in [0.25, 0.3) is 0 Å². The van der Waals surface area contributed by atoms with E-state index in [0.717, 1.165) is 35.2 Å². The van der Waals surface area contributed by atoms with Crippen LogP contribution in [0.1, 0.15) is 5.76 Å². The Morgan fingerprint density at radius 1 is 1.18 bits per heavy atom. The second-order valence-corrected chi connectivity index (χ2v) is 4.23. The van der Waals surface area contributed by atoms with Crippen molar-refractivity contribution in [3.63, 3.8) is 0 Å². The number of benzene rings is 1. The summed E-state index contributed by atoms with van der Waals surface area (Å²) in [6, 6.07) is 11.6. The Labute approximate surface area is 106 Å². The monoisotopic (exact) mass is 248 g/mol. The van der Waals surface area contributed by atoms with E-state index in [-0.39, 0.29) is 0 Å². The Hall–Kier alpha value is -1.51. The van der Waals surface area contributed by atoms with Crippen LogP contribution in [0.5, 0.6) is 0 Å². The molecule has 17 heavy (non-hydrogen) atoms. The molecule has 1 aromatic heterocycles. The second kappa shape index (κ2) is 5.71. The Kier molecular flexibility index (Phi) is 4.02. The molecule has 2 rings (SSSR count). The molecule has 0 amide bonds. The maximum atomic E-state index is 5.84. The van der Waals surface area contributed by atoms with Gasteiger partial charge in [0.05, 0.1) is 6.54 Å². The lowest BCUT2D eigenvalue weighted by Gasteiger charge is -1.97. The van der Waals surface area contributed by atoms with Crippen LogP contribution in [0.2, 0.25) is 5.02 Å². The van der Waals surface area contributed by atoms with E-state index >= 15 is 0 Å². The van der Waals surface area contributed by atoms with Crippen molar-refractivity contribution in [2.45, 2.75) is 6.54 Å². The molecule has 1 aromatic carbocycles. The maximum absolute atomic E-state index is 5.84. The fraction of sp³-hybridized carbons (Fsp3) is 0.143. The molecule has 0 saturated heterocycles. The molecule has 2 nitrogen and oxygen atoms in total. The van der Waals surface area contributed by atoms with E-state index in [0.29, 0.717) is 0 Å². The Morgan fingerprint density at radius 3 is 2.65 bits per heavy atom. The van der Waals surface area contributed by atoms with Gasteiger partial charge in [0.15, 0.2) is 5.76 Å². The minimum Gasteiger partial charge on any atom is -0.455 e. The summed E-state index contributed by atoms with van der Waals surface area (Å²) in [5.74, 6) is 1.85. The molecule has 88 valence electrons. The van der Waals surface area contributed by atoms with Crippen molar-refractivity contribution in [2.24, 2.45) is 0 Å². The lowest BCUT2D eigenvalue weighted by Crippen LogP contribution is -2.82. The molecule has 0 aliphatic heterocycles. The highest BCUT2D eigenvalue weighted by Crippen LogP contribution is 2.23. The third-order valence-electron chi connectivity index (χ3n) is 2.47. The molecular weight excluding hydrogens is 234 g/mol. The minimum absolute atomic E-state index is 0.736. The van der Waals surface area contributed by atoms with E-state index in [2.05, 4.69) is 11.9 Å². The molecule has 2 N–H and O–H groups in total. The summed E-state index contributed by atoms with van der Waals surface area (Å²) in [5.41, 5.74) is 1.05. The second-order valence-electron chi connectivity index (χ2n) is 3.79. The molecule has 3 heteroatoms. The third kappa shape index (κ3) is 3.22. The molecule has 0 radical (unpaired) electrons. The van der Waals surface area contributed by atoms with Gasteiger partial charge in [-0.05, 0) is 42.5 Å². The first-order valence-electron chi connectivity index (χ1n) is 5.57. The Balaban J connectivity index is 2.07. The average molecular weight is 249 g/mol. The normalized spacial score (nSPS) is 10.4. The largest absolute Gasteiger partial charge is 0.455 e. The highest BCUT2D eigenvalue weighted by atomic mass is 35.5. The van der Waals surface area contributed by atoms with Crippen LogP contribution in [0.3, 0.4) is 0 Å². The van der Waals surface area contributed by atoms with Crippen molar-refractivity contribution in [1.29, 1.82) is 0 Å². The number of hydrogen-bond donors (Lipinski definition) is 1. The van der Waals surface area contributed by atoms with Crippen LogP contribution in [0.4, 0.5) is 0 Å². The van der Waals surface area contributed by atoms with Gasteiger partial charge >= 0.3 is 0 Å². The summed E-state index contributed by atoms with van der Waals surface area (Å²) in [4.78, 5) is 0. The van der Waals surface area contributed by atoms with Crippen LogP contribution in [-0.4, -0.2) is 6.54 Å². The number of nitrogens with two attached hydrogens (primary N) is 1. The molecule has 0 unspecified atom stereocenters. The average Bonchev–Trinajstić information content (AvgIpc) is 2.79. The smallest absolute Gasteiger partial charge is 0.158 e. The first kappa shape index (κ1) is 12.0. The lowest BCUT2D eigenvalue weighted by atomic mass is 10.2. The zero-order valence-electron chi connectivity index (χ0n) is 9.53. The number of hydrogen-bond acceptors (Lipinski definition) is 1. The molecule has 0 aliphatic carbocycles. The van der Waals surface area contributed by atoms with Gasteiger partial charge in [0.1, 0.15) is 12.3 Å². The van der Waals surface area contributed by atoms with Crippen LogP contribution >= 0.6 is 11.6 Å². The van der Waals surface area contributed by atoms with E-state index in [4.69, 9.17) is 16.0 Å². The number of furan rings is 1. The fourth-order valence-corrected chi connectivity index (χ4v) is 1.73. The number of quaternary nitrogens is 1. The van der Waals surface area contributed by atoms with Crippen molar-refractivity contribution >= 4 is 11.6 Å². The zero-order chi connectivity index (χ0) is 12.1. The molecule has 0 spiro atoms. The van der Waals surface area contributed by atoms with Crippen LogP contribution in [0.25, 0.3) is 11.3 Å². The van der Waals surface area contributed by atoms with Crippen LogP contribution in [-0.2, 0) is 6.54 Å². The minimum atomic E-state index is 0.736. The molecular formula is C14H15ClNO+. The Bertz CT molecular complexity index is 487. The van der Waals surface area contributed by atoms with Crippen LogP contribution in [0, 0.1) is 0 Å². The summed E-state index contributed by atoms with van der Waals surface area (Å²) in [5, 5.41) is 2.87. The summed E-state index contributed by atoms with van der Waals surface area (Å²) < 4.78 is 5.75. The maximum Gasteiger partial charge on any atom is 0.158 e. The zero-order valence-corrected chi connectivity index (χ0v) is 10.3. The van der Waals surface area contributed by atoms with Gasteiger partial charge in [-0.2, -0.15) is 0 Å². The molecule has 0 bridgehead atoms. The van der Waals surface area contributed by atoms with Crippen LogP contribution < -0.4 is 5.32 Å². The van der Waals surface area contributed by atoms with Gasteiger partial charge in [0.2, 0.25) is 0 Å². The molecule has 0 saturated carbocycles. The molecule has 0 aliphatic rings. The van der Waals surface area contributed by atoms with E-state index in [1.165, 1.54) is 0 Å². The molecule has 2 aromatic rings. The van der Waals surface area contributed by atoms with Crippen molar-refractivity contribution in [3.05, 3.63) is 59.8 Å². The molecule has 1 heterocycles. The van der Waals surface area contributed by atoms with E-state index in [9.17, 15) is 0 Å². The first-order chi connectivity index (χ1) is 8.29. The first-order valence-corrected chi connectivity index (χ1v) is 5.94. The van der Waals surface area contributed by atoms with Gasteiger partial charge in [-0.3, -0.25) is 0 Å². The summed E-state index contributed by atoms with van der Waals surface area (Å²) in [7, 11) is 0. The van der Waals surface area contributed by atoms with E-state index < -0.39 is 0 Å². The number of rotatable bonds is 5. The highest BCUT2D eigenvalue weighted by Gasteiger charge is 2.05. The summed E-state index contributed by atoms with van der Waals surface area (Å²) in [6.45, 7) is 5.41. The SMILES string of the molecule is C=CC[NH2+]Cc1ccc(-c2ccc(Cl)cc2)o1. The topological polar surface area (TPSA) is 29.8 Å². The standard InChI is InChI=1S/C14H14ClNO/c1-2-9-16-10-13-7-8-14(17-13)11-3-5-12(15)6-4-11/h2-8,16H,1,9-10H2/p+1. The van der Waals surface area contributed by atoms with Crippen molar-refractivity contribution < 1.29 is 9.73 Å². The van der Waals surface area contributed by atoms with Crippen molar-refractivity contribution in [1.82, 2.24) is 0 Å². The predicted octanol–water partition coefficient (Wildman–Crippen LogP) is 2.85. The van der Waals surface area contributed by atoms with Gasteiger partial charge in [-0.25, -0.2) is 0 Å². The van der Waals surface area contributed by atoms with Crippen molar-refractivity contribution in [3.8, 4) is 11.3 Å². The third-order valence-corrected chi connectivity index (χ3v) is 2.72. The van der Waals surface area contributed by atoms with E-state index in [1.54, 1.807) is 0 Å². The fourth-order valence-electron chi connectivity index (χ4n) is 1.60. The lowest BCUT2D eigenvalue weighted by molar-refractivity contribution is -0.663. The Morgan fingerprint density at radius 2 is 1.94 bits per heavy atom. The van der Waals surface area contributed by atoms with Crippen LogP contribution in [0.15, 0.2) is 53.5 Å². The quantitative estimate of drug-likeness (QED) is 0.640. The number of halogens is 1. The molecule has 0 fully saturated rings. The van der Waals surface area contributed by atoms with Gasteiger partial charge in [-0.1, -0.05) is 18.2 Å². The van der Waals surface area contributed by atoms with Gasteiger partial charge < -0.3 is 9.73 Å². The van der Waals surface area contributed by atoms with Crippen molar-refractivity contribution in [2.75, 3.05) is 6.54 Å². The van der Waals surface area contributed by atoms with E-state index in [1.807, 2.05) is 42.5 Å². The summed E-state index contributed by atoms with van der Waals surface area (Å²) >= 11 is 5.84. The predicted molar refractivity (Wildman–Crippen MR) is 69.8 cm³/mol.